The molecule has 0 saturated carbocycles. The predicted molar refractivity (Wildman–Crippen MR) is 278 cm³/mol. The van der Waals surface area contributed by atoms with Crippen LogP contribution in [0.15, 0.2) is 200 Å². The van der Waals surface area contributed by atoms with Crippen LogP contribution in [0.25, 0.3) is 93.3 Å². The normalized spacial score (nSPS) is 14.3. The van der Waals surface area contributed by atoms with E-state index in [1.54, 1.807) is 0 Å². The quantitative estimate of drug-likeness (QED) is 0.161. The maximum Gasteiger partial charge on any atom is 0.0704 e. The third-order valence-corrected chi connectivity index (χ3v) is 15.3. The van der Waals surface area contributed by atoms with Crippen LogP contribution < -0.4 is 4.90 Å². The van der Waals surface area contributed by atoms with E-state index in [1.807, 2.05) is 0 Å². The molecule has 2 heterocycles. The highest BCUT2D eigenvalue weighted by molar-refractivity contribution is 6.33. The van der Waals surface area contributed by atoms with Gasteiger partial charge in [0.2, 0.25) is 0 Å². The van der Waals surface area contributed by atoms with Crippen LogP contribution in [0.3, 0.4) is 0 Å². The van der Waals surface area contributed by atoms with Crippen molar-refractivity contribution in [3.63, 3.8) is 0 Å². The highest BCUT2D eigenvalue weighted by Gasteiger charge is 2.38. The summed E-state index contributed by atoms with van der Waals surface area (Å²) in [5.74, 6) is 0. The number of hydrogen-bond acceptors (Lipinski definition) is 2. The Morgan fingerprint density at radius 2 is 0.970 bits per heavy atom. The molecule has 0 fully saturated rings. The largest absolute Gasteiger partial charge is 0.309 e. The van der Waals surface area contributed by atoms with Crippen LogP contribution in [0.1, 0.15) is 49.9 Å². The van der Waals surface area contributed by atoms with Crippen LogP contribution in [0, 0.1) is 0 Å². The Kier molecular flexibility index (Phi) is 7.52. The Morgan fingerprint density at radius 1 is 0.394 bits per heavy atom. The van der Waals surface area contributed by atoms with E-state index in [1.165, 1.54) is 98.6 Å². The molecular formula is C63H45N3. The van der Waals surface area contributed by atoms with E-state index in [2.05, 4.69) is 237 Å². The minimum atomic E-state index is -0.129. The summed E-state index contributed by atoms with van der Waals surface area (Å²) in [6, 6.07) is 72.3. The molecule has 0 radical (unpaired) electrons. The number of rotatable bonds is 5. The lowest BCUT2D eigenvalue weighted by Gasteiger charge is -2.29. The molecule has 0 amide bonds. The predicted octanol–water partition coefficient (Wildman–Crippen LogP) is 16.8. The van der Waals surface area contributed by atoms with Gasteiger partial charge in [-0.15, -0.1) is 0 Å². The Bertz CT molecular complexity index is 3860. The Hall–Kier alpha value is -8.01. The molecule has 0 spiro atoms. The maximum atomic E-state index is 5.31. The van der Waals surface area contributed by atoms with E-state index < -0.39 is 0 Å². The molecule has 66 heavy (non-hydrogen) atoms. The molecule has 0 N–H and O–H groups in total. The fourth-order valence-corrected chi connectivity index (χ4v) is 12.1. The summed E-state index contributed by atoms with van der Waals surface area (Å²) in [6.07, 6.45) is 2.07. The molecule has 2 aliphatic carbocycles. The molecule has 3 heteroatoms. The number of anilines is 3. The zero-order valence-electron chi connectivity index (χ0n) is 37.4. The lowest BCUT2D eigenvalue weighted by molar-refractivity contribution is 0.660. The Morgan fingerprint density at radius 3 is 1.62 bits per heavy atom. The van der Waals surface area contributed by atoms with Crippen LogP contribution in [-0.2, 0) is 10.8 Å². The first-order valence-electron chi connectivity index (χ1n) is 23.2. The van der Waals surface area contributed by atoms with Gasteiger partial charge in [-0.3, -0.25) is 4.98 Å². The topological polar surface area (TPSA) is 21.1 Å². The average Bonchev–Trinajstić information content (AvgIpc) is 3.89. The molecule has 12 aromatic rings. The second-order valence-electron chi connectivity index (χ2n) is 19.6. The van der Waals surface area contributed by atoms with Gasteiger partial charge >= 0.3 is 0 Å². The molecule has 0 atom stereocenters. The lowest BCUT2D eigenvalue weighted by atomic mass is 9.82. The number of para-hydroxylation sites is 1. The van der Waals surface area contributed by atoms with Crippen molar-refractivity contribution in [2.24, 2.45) is 0 Å². The number of fused-ring (bicyclic) bond motifs is 10. The lowest BCUT2D eigenvalue weighted by Crippen LogP contribution is -2.18. The summed E-state index contributed by atoms with van der Waals surface area (Å²) >= 11 is 0. The number of pyridine rings is 1. The van der Waals surface area contributed by atoms with E-state index in [9.17, 15) is 0 Å². The standard InChI is InChI=1S/C63H45N3/c1-62(2)52-19-10-8-17-46(52)48-30-25-43(35-54(48)62)65(44-26-31-49-47-18-9-11-20-53(47)63(3,4)55(49)36-44)45-27-32-56(64-37-45)40-24-28-50-57(33-40)66(42-15-6-5-7-16-42)58-34-41-22-21-38-13-12-14-39-23-29-51(61(50)58)60(41)59(38)39/h5-37H,1-4H3. The highest BCUT2D eigenvalue weighted by Crippen LogP contribution is 2.53. The van der Waals surface area contributed by atoms with Crippen molar-refractivity contribution in [1.29, 1.82) is 0 Å². The zero-order chi connectivity index (χ0) is 44.1. The molecule has 3 nitrogen and oxygen atoms in total. The van der Waals surface area contributed by atoms with Crippen LogP contribution >= 0.6 is 0 Å². The molecule has 14 rings (SSSR count). The summed E-state index contributed by atoms with van der Waals surface area (Å²) < 4.78 is 2.44. The third-order valence-electron chi connectivity index (χ3n) is 15.3. The fraction of sp³-hybridized carbons (Fsp3) is 0.0952. The molecule has 2 aromatic heterocycles. The van der Waals surface area contributed by atoms with Gasteiger partial charge in [-0.2, -0.15) is 0 Å². The van der Waals surface area contributed by atoms with Gasteiger partial charge in [0, 0.05) is 44.2 Å². The summed E-state index contributed by atoms with van der Waals surface area (Å²) in [5, 5.41) is 10.3. The summed E-state index contributed by atoms with van der Waals surface area (Å²) in [6.45, 7) is 9.44. The molecule has 10 aromatic carbocycles. The van der Waals surface area contributed by atoms with E-state index in [4.69, 9.17) is 4.98 Å². The number of benzene rings is 10. The third kappa shape index (κ3) is 5.06. The SMILES string of the molecule is CC1(C)c2ccccc2-c2ccc(N(c3ccc(-c4ccc5c6c7ccc8cccc9ccc(cc6n(-c6ccccc6)c5c4)c7c98)nc3)c3ccc4c(c3)C(C)(C)c3ccccc3-4)cc21. The minimum absolute atomic E-state index is 0.129. The molecule has 0 saturated heterocycles. The summed E-state index contributed by atoms with van der Waals surface area (Å²) in [4.78, 5) is 7.72. The molecule has 0 bridgehead atoms. The van der Waals surface area contributed by atoms with E-state index in [0.29, 0.717) is 0 Å². The van der Waals surface area contributed by atoms with Gasteiger partial charge in [0.05, 0.1) is 28.6 Å². The number of hydrogen-bond donors (Lipinski definition) is 0. The van der Waals surface area contributed by atoms with Gasteiger partial charge in [0.1, 0.15) is 0 Å². The van der Waals surface area contributed by atoms with Crippen molar-refractivity contribution < 1.29 is 0 Å². The Balaban J connectivity index is 0.933. The van der Waals surface area contributed by atoms with Crippen molar-refractivity contribution in [1.82, 2.24) is 9.55 Å². The van der Waals surface area contributed by atoms with Crippen LogP contribution in [0.5, 0.6) is 0 Å². The first-order valence-corrected chi connectivity index (χ1v) is 23.2. The van der Waals surface area contributed by atoms with Gasteiger partial charge < -0.3 is 9.47 Å². The van der Waals surface area contributed by atoms with E-state index in [0.717, 1.165) is 34.0 Å². The van der Waals surface area contributed by atoms with Gasteiger partial charge in [0.25, 0.3) is 0 Å². The zero-order valence-corrected chi connectivity index (χ0v) is 37.4. The minimum Gasteiger partial charge on any atom is -0.309 e. The monoisotopic (exact) mass is 843 g/mol. The second-order valence-corrected chi connectivity index (χ2v) is 19.6. The smallest absolute Gasteiger partial charge is 0.0704 e. The molecular weight excluding hydrogens is 799 g/mol. The number of aromatic nitrogens is 2. The molecule has 312 valence electrons. The van der Waals surface area contributed by atoms with Crippen molar-refractivity contribution >= 4 is 71.2 Å². The van der Waals surface area contributed by atoms with Crippen LogP contribution in [-0.4, -0.2) is 9.55 Å². The van der Waals surface area contributed by atoms with Gasteiger partial charge in [-0.1, -0.05) is 161 Å². The van der Waals surface area contributed by atoms with Crippen LogP contribution in [0.2, 0.25) is 0 Å². The molecule has 2 aliphatic rings. The molecule has 0 unspecified atom stereocenters. The second kappa shape index (κ2) is 13.3. The fourth-order valence-electron chi connectivity index (χ4n) is 12.1. The summed E-state index contributed by atoms with van der Waals surface area (Å²) in [7, 11) is 0. The molecule has 0 aliphatic heterocycles. The van der Waals surface area contributed by atoms with Gasteiger partial charge in [0.15, 0.2) is 0 Å². The first-order chi connectivity index (χ1) is 32.2. The highest BCUT2D eigenvalue weighted by atomic mass is 15.1. The maximum absolute atomic E-state index is 5.31. The first kappa shape index (κ1) is 37.4. The van der Waals surface area contributed by atoms with Gasteiger partial charge in [-0.25, -0.2) is 0 Å². The van der Waals surface area contributed by atoms with Gasteiger partial charge in [-0.05, 0) is 137 Å². The van der Waals surface area contributed by atoms with E-state index >= 15 is 0 Å². The van der Waals surface area contributed by atoms with Crippen molar-refractivity contribution in [2.45, 2.75) is 38.5 Å². The summed E-state index contributed by atoms with van der Waals surface area (Å²) in [5.41, 5.74) is 19.3. The van der Waals surface area contributed by atoms with E-state index in [-0.39, 0.29) is 10.8 Å². The Labute approximate surface area is 384 Å². The number of nitrogens with zero attached hydrogens (tertiary/aromatic N) is 3. The van der Waals surface area contributed by atoms with Crippen molar-refractivity contribution in [3.05, 3.63) is 223 Å². The van der Waals surface area contributed by atoms with Crippen molar-refractivity contribution in [2.75, 3.05) is 4.90 Å². The van der Waals surface area contributed by atoms with Crippen LogP contribution in [0.4, 0.5) is 17.1 Å². The average molecular weight is 844 g/mol. The van der Waals surface area contributed by atoms with Crippen molar-refractivity contribution in [3.8, 4) is 39.2 Å².